The van der Waals surface area contributed by atoms with Gasteiger partial charge in [0.25, 0.3) is 5.91 Å². The van der Waals surface area contributed by atoms with Gasteiger partial charge >= 0.3 is 0 Å². The molecule has 104 valence electrons. The van der Waals surface area contributed by atoms with Crippen LogP contribution in [0.1, 0.15) is 10.4 Å². The van der Waals surface area contributed by atoms with Gasteiger partial charge in [-0.15, -0.1) is 0 Å². The van der Waals surface area contributed by atoms with Crippen molar-refractivity contribution in [3.05, 3.63) is 52.3 Å². The Morgan fingerprint density at radius 1 is 1.20 bits per heavy atom. The second-order valence-electron chi connectivity index (χ2n) is 4.33. The Kier molecular flexibility index (Phi) is 4.47. The van der Waals surface area contributed by atoms with Crippen LogP contribution in [0.25, 0.3) is 0 Å². The monoisotopic (exact) mass is 309 g/mol. The summed E-state index contributed by atoms with van der Waals surface area (Å²) in [4.78, 5) is 17.9. The lowest BCUT2D eigenvalue weighted by atomic mass is 10.2. The topological polar surface area (TPSA) is 45.2 Å². The fourth-order valence-electron chi connectivity index (χ4n) is 1.82. The van der Waals surface area contributed by atoms with Gasteiger partial charge in [-0.3, -0.25) is 4.79 Å². The summed E-state index contributed by atoms with van der Waals surface area (Å²) in [5.41, 5.74) is 1.67. The number of amides is 1. The van der Waals surface area contributed by atoms with Crippen molar-refractivity contribution in [1.29, 1.82) is 0 Å². The predicted octanol–water partition coefficient (Wildman–Crippen LogP) is 3.71. The third-order valence-electron chi connectivity index (χ3n) is 2.69. The second kappa shape index (κ2) is 6.11. The van der Waals surface area contributed by atoms with E-state index in [0.29, 0.717) is 16.3 Å². The Labute approximate surface area is 127 Å². The van der Waals surface area contributed by atoms with Gasteiger partial charge in [-0.05, 0) is 24.3 Å². The number of nitrogens with zero attached hydrogens (tertiary/aromatic N) is 2. The summed E-state index contributed by atoms with van der Waals surface area (Å²) in [7, 11) is 3.71. The van der Waals surface area contributed by atoms with Crippen molar-refractivity contribution in [2.45, 2.75) is 0 Å². The number of benzene rings is 1. The lowest BCUT2D eigenvalue weighted by Crippen LogP contribution is -2.17. The summed E-state index contributed by atoms with van der Waals surface area (Å²) in [6.07, 6.45) is 1.53. The Balaban J connectivity index is 2.34. The van der Waals surface area contributed by atoms with Crippen LogP contribution in [0.5, 0.6) is 0 Å². The highest BCUT2D eigenvalue weighted by atomic mass is 35.5. The van der Waals surface area contributed by atoms with E-state index in [9.17, 15) is 4.79 Å². The lowest BCUT2D eigenvalue weighted by Gasteiger charge is -2.19. The third kappa shape index (κ3) is 3.03. The number of carbonyl (C=O) groups is 1. The van der Waals surface area contributed by atoms with Crippen molar-refractivity contribution in [3.8, 4) is 0 Å². The first kappa shape index (κ1) is 14.6. The maximum absolute atomic E-state index is 12.2. The molecular weight excluding hydrogens is 297 g/mol. The molecule has 20 heavy (non-hydrogen) atoms. The molecule has 0 aliphatic rings. The van der Waals surface area contributed by atoms with E-state index >= 15 is 0 Å². The van der Waals surface area contributed by atoms with E-state index in [0.717, 1.165) is 5.69 Å². The van der Waals surface area contributed by atoms with Crippen LogP contribution >= 0.6 is 23.2 Å². The molecule has 4 nitrogen and oxygen atoms in total. The highest BCUT2D eigenvalue weighted by Crippen LogP contribution is 2.32. The van der Waals surface area contributed by atoms with Crippen LogP contribution in [-0.4, -0.2) is 25.0 Å². The Morgan fingerprint density at radius 2 is 1.95 bits per heavy atom. The summed E-state index contributed by atoms with van der Waals surface area (Å²) in [6.45, 7) is 0. The Bertz CT molecular complexity index is 644. The molecule has 0 spiro atoms. The molecule has 1 amide bonds. The quantitative estimate of drug-likeness (QED) is 0.879. The van der Waals surface area contributed by atoms with Crippen molar-refractivity contribution >= 4 is 40.5 Å². The molecule has 2 aromatic rings. The van der Waals surface area contributed by atoms with Crippen molar-refractivity contribution in [3.63, 3.8) is 0 Å². The highest BCUT2D eigenvalue weighted by Gasteiger charge is 2.15. The number of nitrogens with one attached hydrogen (secondary N) is 1. The summed E-state index contributed by atoms with van der Waals surface area (Å²) < 4.78 is 0. The van der Waals surface area contributed by atoms with E-state index in [1.807, 2.05) is 19.0 Å². The number of halogens is 2. The minimum atomic E-state index is -0.325. The number of anilines is 2. The molecule has 0 fully saturated rings. The van der Waals surface area contributed by atoms with Crippen molar-refractivity contribution in [1.82, 2.24) is 4.98 Å². The maximum atomic E-state index is 12.2. The SMILES string of the molecule is CN(C)c1c(Cl)cccc1NC(=O)c1cccnc1Cl. The fraction of sp³-hybridized carbons (Fsp3) is 0.143. The molecule has 1 heterocycles. The standard InChI is InChI=1S/C14H13Cl2N3O/c1-19(2)12-10(15)6-3-7-11(12)18-14(20)9-5-4-8-17-13(9)16/h3-8H,1-2H3,(H,18,20). The second-order valence-corrected chi connectivity index (χ2v) is 5.09. The molecule has 0 unspecified atom stereocenters. The van der Waals surface area contributed by atoms with Crippen LogP contribution < -0.4 is 10.2 Å². The van der Waals surface area contributed by atoms with Crippen molar-refractivity contribution in [2.24, 2.45) is 0 Å². The molecular formula is C14H13Cl2N3O. The van der Waals surface area contributed by atoms with Crippen LogP contribution in [0.3, 0.4) is 0 Å². The number of hydrogen-bond donors (Lipinski definition) is 1. The molecule has 0 saturated heterocycles. The molecule has 0 aliphatic carbocycles. The molecule has 2 rings (SSSR count). The van der Waals surface area contributed by atoms with Crippen LogP contribution in [0.2, 0.25) is 10.2 Å². The Hall–Kier alpha value is -1.78. The first-order valence-corrected chi connectivity index (χ1v) is 6.64. The van der Waals surface area contributed by atoms with Gasteiger partial charge in [0.2, 0.25) is 0 Å². The average molecular weight is 310 g/mol. The normalized spacial score (nSPS) is 10.2. The zero-order chi connectivity index (χ0) is 14.7. The molecule has 0 atom stereocenters. The molecule has 0 saturated carbocycles. The third-order valence-corrected chi connectivity index (χ3v) is 3.29. The fourth-order valence-corrected chi connectivity index (χ4v) is 2.36. The minimum absolute atomic E-state index is 0.165. The van der Waals surface area contributed by atoms with Gasteiger partial charge in [0.15, 0.2) is 0 Å². The van der Waals surface area contributed by atoms with E-state index in [1.165, 1.54) is 6.20 Å². The molecule has 1 aromatic heterocycles. The van der Waals surface area contributed by atoms with Crippen molar-refractivity contribution in [2.75, 3.05) is 24.3 Å². The van der Waals surface area contributed by atoms with Gasteiger partial charge in [-0.2, -0.15) is 0 Å². The number of para-hydroxylation sites is 1. The highest BCUT2D eigenvalue weighted by molar-refractivity contribution is 6.35. The zero-order valence-corrected chi connectivity index (χ0v) is 12.5. The van der Waals surface area contributed by atoms with Gasteiger partial charge in [-0.1, -0.05) is 29.3 Å². The summed E-state index contributed by atoms with van der Waals surface area (Å²) in [5, 5.41) is 3.53. The predicted molar refractivity (Wildman–Crippen MR) is 83.0 cm³/mol. The smallest absolute Gasteiger partial charge is 0.258 e. The molecule has 6 heteroatoms. The van der Waals surface area contributed by atoms with Gasteiger partial charge in [0, 0.05) is 20.3 Å². The average Bonchev–Trinajstić information content (AvgIpc) is 2.38. The molecule has 0 bridgehead atoms. The first-order valence-electron chi connectivity index (χ1n) is 5.88. The Morgan fingerprint density at radius 3 is 2.60 bits per heavy atom. The number of pyridine rings is 1. The lowest BCUT2D eigenvalue weighted by molar-refractivity contribution is 0.102. The van der Waals surface area contributed by atoms with Crippen molar-refractivity contribution < 1.29 is 4.79 Å². The molecule has 1 aromatic carbocycles. The largest absolute Gasteiger partial charge is 0.375 e. The van der Waals surface area contributed by atoms with E-state index in [-0.39, 0.29) is 11.1 Å². The maximum Gasteiger partial charge on any atom is 0.258 e. The van der Waals surface area contributed by atoms with Gasteiger partial charge in [0.05, 0.1) is 22.0 Å². The zero-order valence-electron chi connectivity index (χ0n) is 11.0. The van der Waals surface area contributed by atoms with E-state index < -0.39 is 0 Å². The summed E-state index contributed by atoms with van der Waals surface area (Å²) >= 11 is 12.1. The number of rotatable bonds is 3. The van der Waals surface area contributed by atoms with Gasteiger partial charge in [0.1, 0.15) is 5.15 Å². The van der Waals surface area contributed by atoms with E-state index in [4.69, 9.17) is 23.2 Å². The number of carbonyl (C=O) groups excluding carboxylic acids is 1. The van der Waals surface area contributed by atoms with Gasteiger partial charge in [-0.25, -0.2) is 4.98 Å². The number of aromatic nitrogens is 1. The summed E-state index contributed by atoms with van der Waals surface area (Å²) in [5.74, 6) is -0.325. The molecule has 1 N–H and O–H groups in total. The van der Waals surface area contributed by atoms with E-state index in [1.54, 1.807) is 30.3 Å². The first-order chi connectivity index (χ1) is 9.50. The van der Waals surface area contributed by atoms with Crippen LogP contribution in [0, 0.1) is 0 Å². The summed E-state index contributed by atoms with van der Waals surface area (Å²) in [6, 6.07) is 8.60. The molecule has 0 radical (unpaired) electrons. The van der Waals surface area contributed by atoms with Crippen LogP contribution in [0.4, 0.5) is 11.4 Å². The van der Waals surface area contributed by atoms with Crippen LogP contribution in [0.15, 0.2) is 36.5 Å². The minimum Gasteiger partial charge on any atom is -0.375 e. The van der Waals surface area contributed by atoms with Crippen LogP contribution in [-0.2, 0) is 0 Å². The number of hydrogen-bond acceptors (Lipinski definition) is 3. The molecule has 0 aliphatic heterocycles. The van der Waals surface area contributed by atoms with E-state index in [2.05, 4.69) is 10.3 Å². The van der Waals surface area contributed by atoms with Gasteiger partial charge < -0.3 is 10.2 Å².